The first-order valence-corrected chi connectivity index (χ1v) is 5.58. The molecule has 2 rings (SSSR count). The number of halogens is 1. The average Bonchev–Trinajstić information content (AvgIpc) is 2.63. The topological polar surface area (TPSA) is 28.2 Å². The predicted molar refractivity (Wildman–Crippen MR) is 69.0 cm³/mol. The number of aryl methyl sites for hydroxylation is 1. The van der Waals surface area contributed by atoms with Crippen LogP contribution in [0, 0.1) is 6.92 Å². The Morgan fingerprint density at radius 3 is 3.00 bits per heavy atom. The summed E-state index contributed by atoms with van der Waals surface area (Å²) in [5, 5.41) is 3.59. The largest absolute Gasteiger partial charge is 0.309 e. The summed E-state index contributed by atoms with van der Waals surface area (Å²) in [4.78, 5) is 6.66. The molecule has 1 atom stereocenters. The smallest absolute Gasteiger partial charge is 0.0417 e. The van der Waals surface area contributed by atoms with Crippen molar-refractivity contribution in [3.63, 3.8) is 0 Å². The zero-order chi connectivity index (χ0) is 10.7. The minimum absolute atomic E-state index is 0. The van der Waals surface area contributed by atoms with Crippen molar-refractivity contribution in [2.45, 2.75) is 25.9 Å². The van der Waals surface area contributed by atoms with E-state index < -0.39 is 0 Å². The molecular weight excluding hydrogens is 222 g/mol. The first-order chi connectivity index (χ1) is 7.25. The van der Waals surface area contributed by atoms with E-state index in [0.29, 0.717) is 6.04 Å². The fourth-order valence-electron chi connectivity index (χ4n) is 2.06. The van der Waals surface area contributed by atoms with Gasteiger partial charge in [0.15, 0.2) is 0 Å². The summed E-state index contributed by atoms with van der Waals surface area (Å²) in [5.41, 5.74) is 2.45. The van der Waals surface area contributed by atoms with E-state index in [4.69, 9.17) is 0 Å². The molecule has 90 valence electrons. The maximum Gasteiger partial charge on any atom is 0.0417 e. The first kappa shape index (κ1) is 13.4. The summed E-state index contributed by atoms with van der Waals surface area (Å²) >= 11 is 0. The summed E-state index contributed by atoms with van der Waals surface area (Å²) in [6.07, 6.45) is 3.11. The number of pyridine rings is 1. The molecule has 1 N–H and O–H groups in total. The van der Waals surface area contributed by atoms with E-state index >= 15 is 0 Å². The molecular formula is C12H20ClN3. The second kappa shape index (κ2) is 6.18. The molecule has 2 heterocycles. The summed E-state index contributed by atoms with van der Waals surface area (Å²) in [6, 6.07) is 4.80. The highest BCUT2D eigenvalue weighted by atomic mass is 35.5. The molecule has 0 spiro atoms. The third-order valence-corrected chi connectivity index (χ3v) is 3.09. The molecule has 1 saturated heterocycles. The van der Waals surface area contributed by atoms with E-state index in [1.165, 1.54) is 25.1 Å². The minimum atomic E-state index is 0. The van der Waals surface area contributed by atoms with Crippen molar-refractivity contribution in [3.05, 3.63) is 29.6 Å². The molecule has 0 saturated carbocycles. The van der Waals surface area contributed by atoms with Gasteiger partial charge in [-0.3, -0.25) is 4.98 Å². The number of nitrogens with zero attached hydrogens (tertiary/aromatic N) is 2. The van der Waals surface area contributed by atoms with Gasteiger partial charge in [0.25, 0.3) is 0 Å². The lowest BCUT2D eigenvalue weighted by atomic mass is 10.2. The Kier molecular flexibility index (Phi) is 5.19. The molecule has 1 aliphatic rings. The lowest BCUT2D eigenvalue weighted by Crippen LogP contribution is -2.31. The van der Waals surface area contributed by atoms with E-state index in [-0.39, 0.29) is 12.4 Å². The van der Waals surface area contributed by atoms with Crippen LogP contribution in [0.3, 0.4) is 0 Å². The van der Waals surface area contributed by atoms with Gasteiger partial charge in [-0.05, 0) is 38.6 Å². The Bertz CT molecular complexity index is 330. The number of likely N-dealkylation sites (tertiary alicyclic amines) is 1. The summed E-state index contributed by atoms with van der Waals surface area (Å²) in [7, 11) is 2.18. The Balaban J connectivity index is 0.00000128. The maximum atomic E-state index is 4.29. The van der Waals surface area contributed by atoms with Crippen LogP contribution in [0.2, 0.25) is 0 Å². The monoisotopic (exact) mass is 241 g/mol. The van der Waals surface area contributed by atoms with Crippen LogP contribution >= 0.6 is 12.4 Å². The molecule has 0 radical (unpaired) electrons. The number of likely N-dealkylation sites (N-methyl/N-ethyl adjacent to an activating group) is 1. The zero-order valence-electron chi connectivity index (χ0n) is 9.94. The molecule has 0 aliphatic carbocycles. The van der Waals surface area contributed by atoms with Crippen LogP contribution in [0.15, 0.2) is 18.3 Å². The normalized spacial score (nSPS) is 20.8. The van der Waals surface area contributed by atoms with Gasteiger partial charge in [-0.1, -0.05) is 6.07 Å². The van der Waals surface area contributed by atoms with Gasteiger partial charge in [0.2, 0.25) is 0 Å². The first-order valence-electron chi connectivity index (χ1n) is 5.58. The average molecular weight is 242 g/mol. The Labute approximate surface area is 104 Å². The Morgan fingerprint density at radius 1 is 1.56 bits per heavy atom. The predicted octanol–water partition coefficient (Wildman–Crippen LogP) is 1.61. The van der Waals surface area contributed by atoms with Crippen molar-refractivity contribution in [2.24, 2.45) is 0 Å². The second-order valence-electron chi connectivity index (χ2n) is 4.38. The fourth-order valence-corrected chi connectivity index (χ4v) is 2.06. The number of nitrogens with one attached hydrogen (secondary N) is 1. The molecule has 0 bridgehead atoms. The molecule has 0 aromatic carbocycles. The highest BCUT2D eigenvalue weighted by Crippen LogP contribution is 2.08. The van der Waals surface area contributed by atoms with Crippen molar-refractivity contribution < 1.29 is 0 Å². The maximum absolute atomic E-state index is 4.29. The van der Waals surface area contributed by atoms with Gasteiger partial charge >= 0.3 is 0 Å². The van der Waals surface area contributed by atoms with Crippen molar-refractivity contribution in [1.29, 1.82) is 0 Å². The molecule has 1 fully saturated rings. The lowest BCUT2D eigenvalue weighted by molar-refractivity contribution is 0.397. The van der Waals surface area contributed by atoms with Crippen LogP contribution in [0.25, 0.3) is 0 Å². The minimum Gasteiger partial charge on any atom is -0.309 e. The van der Waals surface area contributed by atoms with E-state index in [0.717, 1.165) is 12.2 Å². The summed E-state index contributed by atoms with van der Waals surface area (Å²) in [5.74, 6) is 0. The standard InChI is InChI=1S/C12H19N3.ClH/c1-10-11(4-3-6-13-10)8-14-12-5-7-15(2)9-12;/h3-4,6,12,14H,5,7-9H2,1-2H3;1H. The molecule has 4 heteroatoms. The summed E-state index contributed by atoms with van der Waals surface area (Å²) < 4.78 is 0. The molecule has 1 aromatic rings. The van der Waals surface area contributed by atoms with Crippen LogP contribution < -0.4 is 5.32 Å². The van der Waals surface area contributed by atoms with Gasteiger partial charge in [-0.2, -0.15) is 0 Å². The van der Waals surface area contributed by atoms with Crippen LogP contribution in [0.4, 0.5) is 0 Å². The molecule has 1 unspecified atom stereocenters. The number of hydrogen-bond donors (Lipinski definition) is 1. The van der Waals surface area contributed by atoms with Gasteiger partial charge in [0.1, 0.15) is 0 Å². The lowest BCUT2D eigenvalue weighted by Gasteiger charge is -2.13. The van der Waals surface area contributed by atoms with Crippen molar-refractivity contribution in [2.75, 3.05) is 20.1 Å². The number of hydrogen-bond acceptors (Lipinski definition) is 3. The molecule has 1 aliphatic heterocycles. The van der Waals surface area contributed by atoms with Gasteiger partial charge in [-0.15, -0.1) is 12.4 Å². The third-order valence-electron chi connectivity index (χ3n) is 3.09. The van der Waals surface area contributed by atoms with E-state index in [2.05, 4.69) is 35.2 Å². The van der Waals surface area contributed by atoms with Gasteiger partial charge in [-0.25, -0.2) is 0 Å². The van der Waals surface area contributed by atoms with Gasteiger partial charge < -0.3 is 10.2 Å². The van der Waals surface area contributed by atoms with Gasteiger partial charge in [0.05, 0.1) is 0 Å². The Hall–Kier alpha value is -0.640. The fraction of sp³-hybridized carbons (Fsp3) is 0.583. The van der Waals surface area contributed by atoms with Crippen molar-refractivity contribution >= 4 is 12.4 Å². The Morgan fingerprint density at radius 2 is 2.38 bits per heavy atom. The molecule has 1 aromatic heterocycles. The van der Waals surface area contributed by atoms with Gasteiger partial charge in [0, 0.05) is 31.0 Å². The van der Waals surface area contributed by atoms with E-state index in [9.17, 15) is 0 Å². The van der Waals surface area contributed by atoms with Crippen LogP contribution in [0.5, 0.6) is 0 Å². The van der Waals surface area contributed by atoms with Crippen LogP contribution in [0.1, 0.15) is 17.7 Å². The number of rotatable bonds is 3. The van der Waals surface area contributed by atoms with E-state index in [1.807, 2.05) is 12.3 Å². The second-order valence-corrected chi connectivity index (χ2v) is 4.38. The van der Waals surface area contributed by atoms with Crippen molar-refractivity contribution in [3.8, 4) is 0 Å². The number of aromatic nitrogens is 1. The summed E-state index contributed by atoms with van der Waals surface area (Å²) in [6.45, 7) is 5.39. The third kappa shape index (κ3) is 3.44. The van der Waals surface area contributed by atoms with Crippen LogP contribution in [-0.2, 0) is 6.54 Å². The highest BCUT2D eigenvalue weighted by molar-refractivity contribution is 5.85. The van der Waals surface area contributed by atoms with E-state index in [1.54, 1.807) is 0 Å². The molecule has 0 amide bonds. The van der Waals surface area contributed by atoms with Crippen LogP contribution in [-0.4, -0.2) is 36.1 Å². The van der Waals surface area contributed by atoms with Crippen molar-refractivity contribution in [1.82, 2.24) is 15.2 Å². The molecule has 3 nitrogen and oxygen atoms in total. The zero-order valence-corrected chi connectivity index (χ0v) is 10.8. The quantitative estimate of drug-likeness (QED) is 0.872. The SMILES string of the molecule is Cc1ncccc1CNC1CCN(C)C1.Cl. The molecule has 16 heavy (non-hydrogen) atoms. The highest BCUT2D eigenvalue weighted by Gasteiger charge is 2.18.